The van der Waals surface area contributed by atoms with Crippen molar-refractivity contribution in [1.82, 2.24) is 9.55 Å². The van der Waals surface area contributed by atoms with Crippen molar-refractivity contribution in [1.29, 1.82) is 0 Å². The average Bonchev–Trinajstić information content (AvgIpc) is 2.77. The number of hydrogen-bond acceptors (Lipinski definition) is 3. The molecule has 0 bridgehead atoms. The summed E-state index contributed by atoms with van der Waals surface area (Å²) < 4.78 is 57.4. The molecule has 2 aromatic rings. The topological polar surface area (TPSA) is 92.4 Å². The summed E-state index contributed by atoms with van der Waals surface area (Å²) in [5.41, 5.74) is 0.254. The molecule has 0 unspecified atom stereocenters. The van der Waals surface area contributed by atoms with Crippen LogP contribution in [0.2, 0.25) is 0 Å². The van der Waals surface area contributed by atoms with Crippen molar-refractivity contribution in [3.63, 3.8) is 0 Å². The number of pyridine rings is 1. The smallest absolute Gasteiger partial charge is 0.478 e. The molecule has 2 N–H and O–H groups in total. The van der Waals surface area contributed by atoms with Gasteiger partial charge in [-0.15, -0.1) is 0 Å². The third-order valence-corrected chi connectivity index (χ3v) is 2.44. The second-order valence-electron chi connectivity index (χ2n) is 4.07. The van der Waals surface area contributed by atoms with Gasteiger partial charge < -0.3 is 14.8 Å². The first-order valence-electron chi connectivity index (χ1n) is 5.79. The molecule has 2 aromatic heterocycles. The second kappa shape index (κ2) is 7.03. The molecule has 126 valence electrons. The summed E-state index contributed by atoms with van der Waals surface area (Å²) in [6.45, 7) is -0.555. The first kappa shape index (κ1) is 18.3. The number of carbonyl (C=O) groups is 2. The van der Waals surface area contributed by atoms with Crippen LogP contribution in [0.1, 0.15) is 10.4 Å². The van der Waals surface area contributed by atoms with E-state index in [1.54, 1.807) is 12.1 Å². The zero-order valence-corrected chi connectivity index (χ0v) is 11.1. The Labute approximate surface area is 124 Å². The van der Waals surface area contributed by atoms with Crippen molar-refractivity contribution >= 4 is 23.0 Å². The van der Waals surface area contributed by atoms with Crippen LogP contribution in [0.4, 0.5) is 22.0 Å². The SMILES string of the molecule is O=C(O)C(F)(F)F.O=C(O)c1cn(CC(F)F)c2ncccc12. The lowest BCUT2D eigenvalue weighted by Gasteiger charge is -2.01. The molecular formula is C12H9F5N2O4. The van der Waals surface area contributed by atoms with Crippen LogP contribution < -0.4 is 0 Å². The molecule has 0 saturated carbocycles. The molecule has 0 aliphatic rings. The third kappa shape index (κ3) is 4.90. The fraction of sp³-hybridized carbons (Fsp3) is 0.250. The van der Waals surface area contributed by atoms with Crippen LogP contribution in [0.25, 0.3) is 11.0 Å². The first-order valence-corrected chi connectivity index (χ1v) is 5.79. The van der Waals surface area contributed by atoms with Gasteiger partial charge in [-0.2, -0.15) is 13.2 Å². The number of aliphatic carboxylic acids is 1. The Kier molecular flexibility index (Phi) is 5.60. The van der Waals surface area contributed by atoms with Gasteiger partial charge in [-0.1, -0.05) is 0 Å². The van der Waals surface area contributed by atoms with E-state index in [9.17, 15) is 26.7 Å². The summed E-state index contributed by atoms with van der Waals surface area (Å²) in [6, 6.07) is 3.12. The highest BCUT2D eigenvalue weighted by molar-refractivity contribution is 6.02. The number of aromatic nitrogens is 2. The lowest BCUT2D eigenvalue weighted by Crippen LogP contribution is -2.21. The van der Waals surface area contributed by atoms with E-state index in [1.165, 1.54) is 12.4 Å². The maximum Gasteiger partial charge on any atom is 0.490 e. The van der Waals surface area contributed by atoms with Gasteiger partial charge >= 0.3 is 18.1 Å². The van der Waals surface area contributed by atoms with E-state index >= 15 is 0 Å². The minimum atomic E-state index is -5.08. The Morgan fingerprint density at radius 2 is 1.83 bits per heavy atom. The maximum absolute atomic E-state index is 12.3. The van der Waals surface area contributed by atoms with Crippen molar-refractivity contribution in [2.45, 2.75) is 19.1 Å². The second-order valence-corrected chi connectivity index (χ2v) is 4.07. The van der Waals surface area contributed by atoms with Gasteiger partial charge in [-0.3, -0.25) is 0 Å². The molecule has 23 heavy (non-hydrogen) atoms. The molecule has 0 atom stereocenters. The largest absolute Gasteiger partial charge is 0.490 e. The predicted octanol–water partition coefficient (Wildman–Crippen LogP) is 2.63. The van der Waals surface area contributed by atoms with Gasteiger partial charge in [-0.25, -0.2) is 23.4 Å². The molecule has 0 aromatic carbocycles. The summed E-state index contributed by atoms with van der Waals surface area (Å²) in [4.78, 5) is 23.7. The van der Waals surface area contributed by atoms with Crippen LogP contribution in [0.5, 0.6) is 0 Å². The van der Waals surface area contributed by atoms with E-state index < -0.39 is 31.1 Å². The fourth-order valence-corrected chi connectivity index (χ4v) is 1.58. The summed E-state index contributed by atoms with van der Waals surface area (Å²) in [5, 5.41) is 16.4. The van der Waals surface area contributed by atoms with E-state index in [4.69, 9.17) is 15.0 Å². The number of carboxylic acid groups (broad SMARTS) is 2. The number of alkyl halides is 5. The highest BCUT2D eigenvalue weighted by Gasteiger charge is 2.38. The number of hydrogen-bond donors (Lipinski definition) is 2. The number of fused-ring (bicyclic) bond motifs is 1. The van der Waals surface area contributed by atoms with Crippen LogP contribution in [0.15, 0.2) is 24.5 Å². The van der Waals surface area contributed by atoms with Crippen LogP contribution in [0, 0.1) is 0 Å². The minimum Gasteiger partial charge on any atom is -0.478 e. The highest BCUT2D eigenvalue weighted by atomic mass is 19.4. The number of carboxylic acids is 2. The van der Waals surface area contributed by atoms with E-state index in [0.717, 1.165) is 4.57 Å². The number of halogens is 5. The lowest BCUT2D eigenvalue weighted by atomic mass is 10.2. The van der Waals surface area contributed by atoms with Gasteiger partial charge in [0.2, 0.25) is 0 Å². The Hall–Kier alpha value is -2.72. The zero-order valence-electron chi connectivity index (χ0n) is 11.1. The number of nitrogens with zero attached hydrogens (tertiary/aromatic N) is 2. The van der Waals surface area contributed by atoms with Gasteiger partial charge in [0.15, 0.2) is 0 Å². The number of rotatable bonds is 3. The molecule has 0 spiro atoms. The van der Waals surface area contributed by atoms with Gasteiger partial charge in [0, 0.05) is 17.8 Å². The average molecular weight is 340 g/mol. The van der Waals surface area contributed by atoms with Crippen molar-refractivity contribution in [2.24, 2.45) is 0 Å². The molecular weight excluding hydrogens is 331 g/mol. The summed E-state index contributed by atoms with van der Waals surface area (Å²) >= 11 is 0. The quantitative estimate of drug-likeness (QED) is 0.838. The van der Waals surface area contributed by atoms with E-state index in [0.29, 0.717) is 5.39 Å². The zero-order chi connectivity index (χ0) is 17.8. The molecule has 0 aliphatic heterocycles. The first-order chi connectivity index (χ1) is 10.5. The standard InChI is InChI=1S/C10H8F2N2O2.C2HF3O2/c11-8(12)5-14-4-7(10(15)16)6-2-1-3-13-9(6)14;3-2(4,5)1(6)7/h1-4,8H,5H2,(H,15,16);(H,6,7). The Balaban J connectivity index is 0.000000322. The number of aromatic carboxylic acids is 1. The van der Waals surface area contributed by atoms with Crippen molar-refractivity contribution < 1.29 is 41.8 Å². The van der Waals surface area contributed by atoms with E-state index in [1.807, 2.05) is 0 Å². The predicted molar refractivity (Wildman–Crippen MR) is 66.4 cm³/mol. The molecule has 0 saturated heterocycles. The van der Waals surface area contributed by atoms with Crippen molar-refractivity contribution in [2.75, 3.05) is 0 Å². The Morgan fingerprint density at radius 1 is 1.26 bits per heavy atom. The Bertz CT molecular complexity index is 711. The molecule has 0 radical (unpaired) electrons. The van der Waals surface area contributed by atoms with Gasteiger partial charge in [0.25, 0.3) is 6.43 Å². The fourth-order valence-electron chi connectivity index (χ4n) is 1.58. The summed E-state index contributed by atoms with van der Waals surface area (Å²) in [7, 11) is 0. The van der Waals surface area contributed by atoms with Crippen LogP contribution in [-0.2, 0) is 11.3 Å². The van der Waals surface area contributed by atoms with Crippen LogP contribution in [0.3, 0.4) is 0 Å². The van der Waals surface area contributed by atoms with Crippen molar-refractivity contribution in [3.05, 3.63) is 30.1 Å². The lowest BCUT2D eigenvalue weighted by molar-refractivity contribution is -0.192. The van der Waals surface area contributed by atoms with Gasteiger partial charge in [-0.05, 0) is 12.1 Å². The van der Waals surface area contributed by atoms with Gasteiger partial charge in [0.1, 0.15) is 5.65 Å². The van der Waals surface area contributed by atoms with Crippen molar-refractivity contribution in [3.8, 4) is 0 Å². The molecule has 0 fully saturated rings. The van der Waals surface area contributed by atoms with Crippen LogP contribution >= 0.6 is 0 Å². The summed E-state index contributed by atoms with van der Waals surface area (Å²) in [6.07, 6.45) is -5.00. The molecule has 2 heterocycles. The normalized spacial score (nSPS) is 11.2. The Morgan fingerprint density at radius 3 is 2.26 bits per heavy atom. The monoisotopic (exact) mass is 340 g/mol. The van der Waals surface area contributed by atoms with E-state index in [-0.39, 0.29) is 11.2 Å². The third-order valence-electron chi connectivity index (χ3n) is 2.44. The molecule has 2 rings (SSSR count). The molecule has 11 heteroatoms. The summed E-state index contributed by atoms with van der Waals surface area (Å²) in [5.74, 6) is -3.90. The van der Waals surface area contributed by atoms with Gasteiger partial charge in [0.05, 0.1) is 12.1 Å². The van der Waals surface area contributed by atoms with Crippen LogP contribution in [-0.4, -0.2) is 44.3 Å². The highest BCUT2D eigenvalue weighted by Crippen LogP contribution is 2.20. The van der Waals surface area contributed by atoms with E-state index in [2.05, 4.69) is 4.98 Å². The molecule has 6 nitrogen and oxygen atoms in total. The molecule has 0 amide bonds. The molecule has 0 aliphatic carbocycles. The maximum atomic E-state index is 12.3. The minimum absolute atomic E-state index is 0.0104.